The molecule has 33 heavy (non-hydrogen) atoms. The van der Waals surface area contributed by atoms with Crippen LogP contribution in [0.2, 0.25) is 0 Å². The highest BCUT2D eigenvalue weighted by atomic mass is 16.6. The molecular formula is C22H18N4O7. The van der Waals surface area contributed by atoms with Crippen LogP contribution in [0.25, 0.3) is 0 Å². The quantitative estimate of drug-likeness (QED) is 0.285. The Morgan fingerprint density at radius 3 is 2.18 bits per heavy atom. The van der Waals surface area contributed by atoms with Crippen molar-refractivity contribution in [2.24, 2.45) is 11.8 Å². The number of hydrogen-bond donors (Lipinski definition) is 0. The minimum atomic E-state index is -0.856. The molecule has 11 nitrogen and oxygen atoms in total. The Hall–Kier alpha value is -4.41. The zero-order valence-electron chi connectivity index (χ0n) is 17.2. The number of hydrogen-bond acceptors (Lipinski definition) is 7. The number of amides is 3. The molecule has 0 bridgehead atoms. The summed E-state index contributed by atoms with van der Waals surface area (Å²) in [5.74, 6) is -3.27. The predicted molar refractivity (Wildman–Crippen MR) is 113 cm³/mol. The number of carbonyl (C=O) groups excluding carboxylic acids is 3. The molecule has 168 valence electrons. The van der Waals surface area contributed by atoms with Crippen LogP contribution in [0.15, 0.2) is 60.7 Å². The number of non-ortho nitro benzene ring substituents is 1. The molecule has 1 heterocycles. The van der Waals surface area contributed by atoms with E-state index < -0.39 is 45.9 Å². The molecule has 2 aromatic carbocycles. The number of allylic oxidation sites excluding steroid dienone is 2. The number of carbonyl (C=O) groups is 3. The van der Waals surface area contributed by atoms with Crippen molar-refractivity contribution in [2.75, 3.05) is 0 Å². The van der Waals surface area contributed by atoms with Gasteiger partial charge in [-0.25, -0.2) is 5.01 Å². The second kappa shape index (κ2) is 8.61. The first kappa shape index (κ1) is 21.8. The van der Waals surface area contributed by atoms with Crippen molar-refractivity contribution in [3.8, 4) is 0 Å². The van der Waals surface area contributed by atoms with E-state index in [0.29, 0.717) is 12.8 Å². The monoisotopic (exact) mass is 450 g/mol. The number of benzene rings is 2. The molecule has 4 rings (SSSR count). The van der Waals surface area contributed by atoms with Crippen LogP contribution in [-0.2, 0) is 16.1 Å². The number of nitro groups is 2. The zero-order valence-corrected chi connectivity index (χ0v) is 17.2. The van der Waals surface area contributed by atoms with Gasteiger partial charge < -0.3 is 0 Å². The molecule has 2 aliphatic rings. The van der Waals surface area contributed by atoms with Crippen LogP contribution in [-0.4, -0.2) is 37.6 Å². The lowest BCUT2D eigenvalue weighted by molar-refractivity contribution is -0.385. The number of imide groups is 1. The first-order valence-electron chi connectivity index (χ1n) is 10.1. The Balaban J connectivity index is 1.78. The second-order valence-electron chi connectivity index (χ2n) is 7.70. The lowest BCUT2D eigenvalue weighted by atomic mass is 9.85. The summed E-state index contributed by atoms with van der Waals surface area (Å²) in [7, 11) is 0. The summed E-state index contributed by atoms with van der Waals surface area (Å²) in [5.41, 5.74) is -0.651. The fourth-order valence-electron chi connectivity index (χ4n) is 4.14. The van der Waals surface area contributed by atoms with Crippen LogP contribution in [0.5, 0.6) is 0 Å². The van der Waals surface area contributed by atoms with Crippen molar-refractivity contribution in [3.63, 3.8) is 0 Å². The summed E-state index contributed by atoms with van der Waals surface area (Å²) in [6, 6.07) is 10.5. The van der Waals surface area contributed by atoms with E-state index in [9.17, 15) is 34.6 Å². The number of nitrogens with zero attached hydrogens (tertiary/aromatic N) is 4. The average Bonchev–Trinajstić information content (AvgIpc) is 3.07. The Labute approximate surface area is 187 Å². The molecule has 2 atom stereocenters. The number of fused-ring (bicyclic) bond motifs is 1. The molecule has 0 saturated carbocycles. The summed E-state index contributed by atoms with van der Waals surface area (Å²) in [4.78, 5) is 61.1. The van der Waals surface area contributed by atoms with Crippen molar-refractivity contribution < 1.29 is 24.2 Å². The fourth-order valence-corrected chi connectivity index (χ4v) is 4.14. The molecule has 0 aromatic heterocycles. The Morgan fingerprint density at radius 1 is 0.939 bits per heavy atom. The minimum absolute atomic E-state index is 0.106. The number of para-hydroxylation sites is 1. The van der Waals surface area contributed by atoms with Gasteiger partial charge in [0.2, 0.25) is 0 Å². The number of hydrazine groups is 1. The van der Waals surface area contributed by atoms with Crippen molar-refractivity contribution >= 4 is 29.1 Å². The van der Waals surface area contributed by atoms with Gasteiger partial charge in [-0.05, 0) is 18.9 Å². The first-order valence-corrected chi connectivity index (χ1v) is 10.1. The van der Waals surface area contributed by atoms with Crippen LogP contribution < -0.4 is 0 Å². The molecule has 1 aliphatic carbocycles. The van der Waals surface area contributed by atoms with Gasteiger partial charge in [0.15, 0.2) is 0 Å². The maximum Gasteiger partial charge on any atom is 0.274 e. The van der Waals surface area contributed by atoms with Gasteiger partial charge in [-0.2, -0.15) is 5.01 Å². The highest BCUT2D eigenvalue weighted by Gasteiger charge is 2.51. The second-order valence-corrected chi connectivity index (χ2v) is 7.70. The molecule has 1 fully saturated rings. The van der Waals surface area contributed by atoms with E-state index in [1.807, 2.05) is 0 Å². The van der Waals surface area contributed by atoms with Crippen LogP contribution in [0, 0.1) is 32.1 Å². The minimum Gasteiger partial charge on any atom is -0.272 e. The highest BCUT2D eigenvalue weighted by molar-refractivity contribution is 6.08. The van der Waals surface area contributed by atoms with E-state index in [2.05, 4.69) is 0 Å². The van der Waals surface area contributed by atoms with Gasteiger partial charge in [0, 0.05) is 23.8 Å². The molecular weight excluding hydrogens is 432 g/mol. The molecule has 0 N–H and O–H groups in total. The third-order valence-electron chi connectivity index (χ3n) is 5.77. The van der Waals surface area contributed by atoms with Crippen molar-refractivity contribution in [1.29, 1.82) is 0 Å². The largest absolute Gasteiger partial charge is 0.274 e. The summed E-state index contributed by atoms with van der Waals surface area (Å²) >= 11 is 0. The molecule has 0 radical (unpaired) electrons. The Bertz CT molecular complexity index is 1180. The van der Waals surface area contributed by atoms with E-state index in [-0.39, 0.29) is 22.5 Å². The molecule has 11 heteroatoms. The zero-order chi connectivity index (χ0) is 23.7. The summed E-state index contributed by atoms with van der Waals surface area (Å²) in [6.45, 7) is -0.441. The van der Waals surface area contributed by atoms with E-state index >= 15 is 0 Å². The maximum absolute atomic E-state index is 13.5. The van der Waals surface area contributed by atoms with E-state index in [1.54, 1.807) is 12.2 Å². The Morgan fingerprint density at radius 2 is 1.58 bits per heavy atom. The number of rotatable bonds is 6. The molecule has 2 aromatic rings. The molecule has 0 spiro atoms. The molecule has 1 aliphatic heterocycles. The number of nitro benzene ring substituents is 2. The molecule has 0 unspecified atom stereocenters. The van der Waals surface area contributed by atoms with E-state index in [4.69, 9.17) is 0 Å². The summed E-state index contributed by atoms with van der Waals surface area (Å²) in [5, 5.41) is 24.3. The summed E-state index contributed by atoms with van der Waals surface area (Å²) in [6.07, 6.45) is 4.28. The smallest absolute Gasteiger partial charge is 0.272 e. The average molecular weight is 450 g/mol. The molecule has 3 amide bonds. The van der Waals surface area contributed by atoms with Crippen molar-refractivity contribution in [1.82, 2.24) is 10.0 Å². The summed E-state index contributed by atoms with van der Waals surface area (Å²) < 4.78 is 0. The van der Waals surface area contributed by atoms with Crippen LogP contribution >= 0.6 is 0 Å². The fraction of sp³-hybridized carbons (Fsp3) is 0.227. The topological polar surface area (TPSA) is 144 Å². The normalized spacial score (nSPS) is 19.3. The van der Waals surface area contributed by atoms with E-state index in [0.717, 1.165) is 16.1 Å². The van der Waals surface area contributed by atoms with Crippen LogP contribution in [0.4, 0.5) is 11.4 Å². The first-order chi connectivity index (χ1) is 15.8. The lowest BCUT2D eigenvalue weighted by Gasteiger charge is -2.30. The predicted octanol–water partition coefficient (Wildman–Crippen LogP) is 3.01. The third kappa shape index (κ3) is 3.95. The standard InChI is InChI=1S/C22H18N4O7/c27-20(14-7-5-8-16(12-14)25(30)31)23(13-15-6-1-4-11-19(15)26(32)33)24-21(28)17-9-2-3-10-18(17)22(24)29/h1-8,11-12,17-18H,9-10,13H2/t17-,18-/m0/s1. The lowest BCUT2D eigenvalue weighted by Crippen LogP contribution is -2.49. The van der Waals surface area contributed by atoms with Gasteiger partial charge in [0.1, 0.15) is 0 Å². The van der Waals surface area contributed by atoms with Gasteiger partial charge in [-0.3, -0.25) is 34.6 Å². The maximum atomic E-state index is 13.5. The van der Waals surface area contributed by atoms with E-state index in [1.165, 1.54) is 42.5 Å². The van der Waals surface area contributed by atoms with Gasteiger partial charge in [0.25, 0.3) is 29.1 Å². The van der Waals surface area contributed by atoms with Crippen molar-refractivity contribution in [2.45, 2.75) is 19.4 Å². The van der Waals surface area contributed by atoms with Gasteiger partial charge in [-0.1, -0.05) is 36.4 Å². The molecule has 1 saturated heterocycles. The Kier molecular flexibility index (Phi) is 5.69. The highest BCUT2D eigenvalue weighted by Crippen LogP contribution is 2.37. The van der Waals surface area contributed by atoms with Crippen LogP contribution in [0.1, 0.15) is 28.8 Å². The van der Waals surface area contributed by atoms with Gasteiger partial charge in [0.05, 0.1) is 33.8 Å². The van der Waals surface area contributed by atoms with Crippen LogP contribution in [0.3, 0.4) is 0 Å². The van der Waals surface area contributed by atoms with Gasteiger partial charge >= 0.3 is 0 Å². The van der Waals surface area contributed by atoms with Crippen molar-refractivity contribution in [3.05, 3.63) is 92.0 Å². The van der Waals surface area contributed by atoms with Gasteiger partial charge in [-0.15, -0.1) is 0 Å². The SMILES string of the molecule is O=C(c1cccc([N+](=O)[O-])c1)N(Cc1ccccc1[N+](=O)[O-])N1C(=O)[C@H]2CC=CC[C@@H]2C1=O. The third-order valence-corrected chi connectivity index (χ3v) is 5.77.